The molecule has 0 saturated heterocycles. The quantitative estimate of drug-likeness (QED) is 0.200. The van der Waals surface area contributed by atoms with E-state index in [1.165, 1.54) is 0 Å². The Bertz CT molecular complexity index is 2550. The van der Waals surface area contributed by atoms with Gasteiger partial charge in [-0.05, 0) is 59.1 Å². The van der Waals surface area contributed by atoms with Gasteiger partial charge >= 0.3 is 0 Å². The Balaban J connectivity index is 1.70. The average molecular weight is 594 g/mol. The van der Waals surface area contributed by atoms with Crippen molar-refractivity contribution in [2.75, 3.05) is 0 Å². The average Bonchev–Trinajstić information content (AvgIpc) is 3.59. The van der Waals surface area contributed by atoms with Gasteiger partial charge in [0, 0.05) is 27.2 Å². The molecule has 5 heteroatoms. The maximum atomic E-state index is 11.1. The zero-order valence-electron chi connectivity index (χ0n) is 26.3. The van der Waals surface area contributed by atoms with Gasteiger partial charge in [0.2, 0.25) is 0 Å². The fourth-order valence-electron chi connectivity index (χ4n) is 8.10. The second-order valence-electron chi connectivity index (χ2n) is 13.7. The van der Waals surface area contributed by atoms with Gasteiger partial charge in [-0.2, -0.15) is 15.8 Å². The molecule has 0 spiro atoms. The molecule has 0 aliphatic heterocycles. The minimum atomic E-state index is -0.364. The third-order valence-corrected chi connectivity index (χ3v) is 10.2. The van der Waals surface area contributed by atoms with E-state index in [0.717, 1.165) is 73.3 Å². The number of rotatable bonds is 2. The first-order chi connectivity index (χ1) is 22.2. The standard InChI is InChI=1S/C41H31N5/c1-40(2)20-21-41(3,4)36-32(24-44)37(31(23-43)30(22-42)35(36)40)46-34-17-11-9-15-27(34)29-19-18-28-26-14-8-10-16-33(26)45(38(28)39(29)46)25-12-6-5-7-13-25/h5-19H,20-21H2,1-4H3. The molecule has 2 heterocycles. The van der Waals surface area contributed by atoms with Crippen LogP contribution in [-0.4, -0.2) is 9.13 Å². The zero-order valence-corrected chi connectivity index (χ0v) is 26.3. The summed E-state index contributed by atoms with van der Waals surface area (Å²) in [7, 11) is 0. The van der Waals surface area contributed by atoms with Gasteiger partial charge in [0.1, 0.15) is 18.2 Å². The number of aromatic nitrogens is 2. The molecule has 1 aliphatic carbocycles. The maximum absolute atomic E-state index is 11.1. The molecule has 0 saturated carbocycles. The van der Waals surface area contributed by atoms with E-state index in [1.807, 2.05) is 30.3 Å². The van der Waals surface area contributed by atoms with Crippen molar-refractivity contribution < 1.29 is 0 Å². The first-order valence-corrected chi connectivity index (χ1v) is 15.7. The summed E-state index contributed by atoms with van der Waals surface area (Å²) < 4.78 is 4.40. The van der Waals surface area contributed by atoms with E-state index in [9.17, 15) is 15.8 Å². The molecular weight excluding hydrogens is 562 g/mol. The molecule has 5 aromatic carbocycles. The minimum absolute atomic E-state index is 0.255. The molecule has 0 N–H and O–H groups in total. The Morgan fingerprint density at radius 1 is 0.500 bits per heavy atom. The van der Waals surface area contributed by atoms with E-state index in [0.29, 0.717) is 16.8 Å². The number of hydrogen-bond donors (Lipinski definition) is 0. The van der Waals surface area contributed by atoms with Crippen LogP contribution >= 0.6 is 0 Å². The van der Waals surface area contributed by atoms with Crippen molar-refractivity contribution in [1.29, 1.82) is 15.8 Å². The predicted octanol–water partition coefficient (Wildman–Crippen LogP) is 9.84. The third kappa shape index (κ3) is 3.53. The van der Waals surface area contributed by atoms with E-state index >= 15 is 0 Å². The molecule has 0 unspecified atom stereocenters. The van der Waals surface area contributed by atoms with E-state index in [2.05, 4.69) is 116 Å². The number of para-hydroxylation sites is 3. The summed E-state index contributed by atoms with van der Waals surface area (Å²) in [5.41, 5.74) is 7.48. The molecule has 1 aliphatic rings. The van der Waals surface area contributed by atoms with E-state index in [4.69, 9.17) is 0 Å². The molecule has 2 aromatic heterocycles. The molecular formula is C41H31N5. The summed E-state index contributed by atoms with van der Waals surface area (Å²) in [5.74, 6) is 0. The van der Waals surface area contributed by atoms with Gasteiger partial charge in [-0.1, -0.05) is 94.4 Å². The number of hydrogen-bond acceptors (Lipinski definition) is 3. The van der Waals surface area contributed by atoms with Gasteiger partial charge in [-0.15, -0.1) is 0 Å². The molecule has 7 aromatic rings. The second-order valence-corrected chi connectivity index (χ2v) is 13.7. The van der Waals surface area contributed by atoms with Crippen LogP contribution in [0.1, 0.15) is 68.4 Å². The SMILES string of the molecule is CC1(C)CCC(C)(C)c2c(C#N)c(-n3c4ccccc4c4ccc5c6ccccc6n(-c6ccccc6)c5c43)c(C#N)c(C#N)c21. The van der Waals surface area contributed by atoms with Crippen molar-refractivity contribution in [3.05, 3.63) is 119 Å². The van der Waals surface area contributed by atoms with Crippen LogP contribution in [0, 0.1) is 34.0 Å². The smallest absolute Gasteiger partial charge is 0.103 e. The number of benzene rings is 5. The molecule has 0 radical (unpaired) electrons. The third-order valence-electron chi connectivity index (χ3n) is 10.2. The Kier molecular flexibility index (Phi) is 5.77. The number of nitrogens with zero attached hydrogens (tertiary/aromatic N) is 5. The van der Waals surface area contributed by atoms with Crippen molar-refractivity contribution >= 4 is 43.6 Å². The van der Waals surface area contributed by atoms with Crippen molar-refractivity contribution in [2.24, 2.45) is 0 Å². The lowest BCUT2D eigenvalue weighted by molar-refractivity contribution is 0.330. The van der Waals surface area contributed by atoms with Crippen molar-refractivity contribution in [3.8, 4) is 29.6 Å². The van der Waals surface area contributed by atoms with Crippen LogP contribution in [0.3, 0.4) is 0 Å². The molecule has 8 rings (SSSR count). The van der Waals surface area contributed by atoms with Gasteiger partial charge in [-0.25, -0.2) is 0 Å². The van der Waals surface area contributed by atoms with Crippen molar-refractivity contribution in [3.63, 3.8) is 0 Å². The highest BCUT2D eigenvalue weighted by Gasteiger charge is 2.43. The topological polar surface area (TPSA) is 81.2 Å². The maximum Gasteiger partial charge on any atom is 0.103 e. The zero-order chi connectivity index (χ0) is 32.0. The highest BCUT2D eigenvalue weighted by atomic mass is 15.0. The highest BCUT2D eigenvalue weighted by Crippen LogP contribution is 2.52. The first-order valence-electron chi connectivity index (χ1n) is 15.7. The fourth-order valence-corrected chi connectivity index (χ4v) is 8.10. The van der Waals surface area contributed by atoms with Gasteiger partial charge in [0.25, 0.3) is 0 Å². The molecule has 46 heavy (non-hydrogen) atoms. The van der Waals surface area contributed by atoms with Crippen LogP contribution in [-0.2, 0) is 10.8 Å². The van der Waals surface area contributed by atoms with Crippen LogP contribution < -0.4 is 0 Å². The number of nitriles is 3. The summed E-state index contributed by atoms with van der Waals surface area (Å²) in [6.07, 6.45) is 1.74. The van der Waals surface area contributed by atoms with Crippen molar-refractivity contribution in [2.45, 2.75) is 51.4 Å². The lowest BCUT2D eigenvalue weighted by Crippen LogP contribution is -2.36. The second kappa shape index (κ2) is 9.58. The van der Waals surface area contributed by atoms with E-state index in [1.54, 1.807) is 0 Å². The summed E-state index contributed by atoms with van der Waals surface area (Å²) >= 11 is 0. The van der Waals surface area contributed by atoms with Gasteiger partial charge < -0.3 is 9.13 Å². The molecule has 0 amide bonds. The predicted molar refractivity (Wildman–Crippen MR) is 185 cm³/mol. The van der Waals surface area contributed by atoms with Gasteiger partial charge in [-0.3, -0.25) is 0 Å². The van der Waals surface area contributed by atoms with E-state index < -0.39 is 0 Å². The molecule has 5 nitrogen and oxygen atoms in total. The van der Waals surface area contributed by atoms with Crippen LogP contribution in [0.15, 0.2) is 91.0 Å². The molecule has 0 atom stereocenters. The van der Waals surface area contributed by atoms with Crippen LogP contribution in [0.2, 0.25) is 0 Å². The lowest BCUT2D eigenvalue weighted by Gasteiger charge is -2.43. The summed E-state index contributed by atoms with van der Waals surface area (Å²) in [5, 5.41) is 37.0. The molecule has 0 fully saturated rings. The van der Waals surface area contributed by atoms with Crippen LogP contribution in [0.5, 0.6) is 0 Å². The molecule has 220 valence electrons. The minimum Gasteiger partial charge on any atom is -0.307 e. The fraction of sp³-hybridized carbons (Fsp3) is 0.195. The Labute approximate surface area is 267 Å². The van der Waals surface area contributed by atoms with E-state index in [-0.39, 0.29) is 16.4 Å². The monoisotopic (exact) mass is 593 g/mol. The summed E-state index contributed by atoms with van der Waals surface area (Å²) in [6.45, 7) is 8.59. The van der Waals surface area contributed by atoms with Gasteiger partial charge in [0.05, 0.1) is 44.4 Å². The van der Waals surface area contributed by atoms with Crippen molar-refractivity contribution in [1.82, 2.24) is 9.13 Å². The number of fused-ring (bicyclic) bond motifs is 8. The largest absolute Gasteiger partial charge is 0.307 e. The normalized spacial score (nSPS) is 15.1. The van der Waals surface area contributed by atoms with Crippen LogP contribution in [0.25, 0.3) is 55.0 Å². The van der Waals surface area contributed by atoms with Gasteiger partial charge in [0.15, 0.2) is 0 Å². The Morgan fingerprint density at radius 3 is 1.50 bits per heavy atom. The molecule has 0 bridgehead atoms. The lowest BCUT2D eigenvalue weighted by atomic mass is 9.60. The Hall–Kier alpha value is -5.83. The Morgan fingerprint density at radius 2 is 0.957 bits per heavy atom. The van der Waals surface area contributed by atoms with Crippen LogP contribution in [0.4, 0.5) is 0 Å². The summed E-state index contributed by atoms with van der Waals surface area (Å²) in [6, 6.07) is 38.7. The summed E-state index contributed by atoms with van der Waals surface area (Å²) in [4.78, 5) is 0. The first kappa shape index (κ1) is 27.7. The highest BCUT2D eigenvalue weighted by molar-refractivity contribution is 6.24.